The molecule has 7 heteroatoms. The van der Waals surface area contributed by atoms with E-state index in [9.17, 15) is 4.79 Å². The molecular formula is C19H25Cl2N3O2. The van der Waals surface area contributed by atoms with E-state index >= 15 is 0 Å². The standard InChI is InChI=1S/C19H23N3O2.2ClH/c20-16-8-14-2-1-3-15(9-16)18(14)22-19(23)13-6-4-12(5-7-13)17-10-21-11-24-17;;/h4-7,10-11,14-16,18H,1-3,8-9,20H2,(H,22,23);2*1H. The van der Waals surface area contributed by atoms with Gasteiger partial charge in [-0.15, -0.1) is 24.8 Å². The van der Waals surface area contributed by atoms with Gasteiger partial charge in [-0.25, -0.2) is 4.98 Å². The predicted molar refractivity (Wildman–Crippen MR) is 106 cm³/mol. The van der Waals surface area contributed by atoms with Crippen LogP contribution in [0.15, 0.2) is 41.3 Å². The molecule has 2 bridgehead atoms. The number of nitrogens with one attached hydrogen (secondary N) is 1. The Labute approximate surface area is 165 Å². The van der Waals surface area contributed by atoms with Gasteiger partial charge in [-0.2, -0.15) is 0 Å². The van der Waals surface area contributed by atoms with Gasteiger partial charge in [0.2, 0.25) is 0 Å². The Hall–Kier alpha value is -1.56. The van der Waals surface area contributed by atoms with Gasteiger partial charge < -0.3 is 15.5 Å². The number of nitrogens with two attached hydrogens (primary N) is 1. The van der Waals surface area contributed by atoms with Gasteiger partial charge in [0.1, 0.15) is 0 Å². The molecule has 1 aromatic carbocycles. The molecule has 2 fully saturated rings. The molecule has 2 atom stereocenters. The number of aromatic nitrogens is 1. The summed E-state index contributed by atoms with van der Waals surface area (Å²) in [4.78, 5) is 16.6. The summed E-state index contributed by atoms with van der Waals surface area (Å²) >= 11 is 0. The molecule has 2 unspecified atom stereocenters. The Kier molecular flexibility index (Phi) is 7.09. The van der Waals surface area contributed by atoms with E-state index in [1.807, 2.05) is 24.3 Å². The van der Waals surface area contributed by atoms with Gasteiger partial charge in [0.15, 0.2) is 12.2 Å². The van der Waals surface area contributed by atoms with Crippen molar-refractivity contribution in [2.45, 2.75) is 44.2 Å². The molecule has 5 nitrogen and oxygen atoms in total. The summed E-state index contributed by atoms with van der Waals surface area (Å²) < 4.78 is 5.28. The first-order valence-corrected chi connectivity index (χ1v) is 8.76. The van der Waals surface area contributed by atoms with Crippen LogP contribution in [-0.2, 0) is 0 Å². The molecule has 0 aliphatic heterocycles. The lowest BCUT2D eigenvalue weighted by atomic mass is 9.67. The smallest absolute Gasteiger partial charge is 0.251 e. The second-order valence-electron chi connectivity index (χ2n) is 7.12. The number of rotatable bonds is 3. The minimum Gasteiger partial charge on any atom is -0.444 e. The van der Waals surface area contributed by atoms with E-state index in [2.05, 4.69) is 10.3 Å². The van der Waals surface area contributed by atoms with E-state index in [-0.39, 0.29) is 36.8 Å². The molecule has 1 aromatic heterocycles. The fraction of sp³-hybridized carbons (Fsp3) is 0.474. The highest BCUT2D eigenvalue weighted by Gasteiger charge is 2.39. The molecule has 1 heterocycles. The van der Waals surface area contributed by atoms with Crippen molar-refractivity contribution in [1.82, 2.24) is 10.3 Å². The summed E-state index contributed by atoms with van der Waals surface area (Å²) in [5.74, 6) is 1.78. The van der Waals surface area contributed by atoms with Gasteiger partial charge in [0.05, 0.1) is 6.20 Å². The summed E-state index contributed by atoms with van der Waals surface area (Å²) in [7, 11) is 0. The fourth-order valence-electron chi connectivity index (χ4n) is 4.40. The monoisotopic (exact) mass is 397 g/mol. The summed E-state index contributed by atoms with van der Waals surface area (Å²) in [6.45, 7) is 0. The van der Waals surface area contributed by atoms with Crippen LogP contribution in [0.3, 0.4) is 0 Å². The summed E-state index contributed by atoms with van der Waals surface area (Å²) in [6.07, 6.45) is 8.77. The highest BCUT2D eigenvalue weighted by atomic mass is 35.5. The van der Waals surface area contributed by atoms with Crippen LogP contribution in [-0.4, -0.2) is 23.0 Å². The van der Waals surface area contributed by atoms with E-state index in [1.165, 1.54) is 25.7 Å². The van der Waals surface area contributed by atoms with Crippen LogP contribution < -0.4 is 11.1 Å². The minimum absolute atomic E-state index is 0. The number of hydrogen-bond acceptors (Lipinski definition) is 4. The van der Waals surface area contributed by atoms with Crippen LogP contribution in [0.25, 0.3) is 11.3 Å². The number of nitrogens with zero attached hydrogens (tertiary/aromatic N) is 1. The van der Waals surface area contributed by atoms with Crippen LogP contribution in [0.5, 0.6) is 0 Å². The third-order valence-corrected chi connectivity index (χ3v) is 5.54. The minimum atomic E-state index is 0. The van der Waals surface area contributed by atoms with Crippen molar-refractivity contribution in [3.05, 3.63) is 42.4 Å². The average molecular weight is 398 g/mol. The van der Waals surface area contributed by atoms with E-state index in [4.69, 9.17) is 10.2 Å². The number of hydrogen-bond donors (Lipinski definition) is 2. The van der Waals surface area contributed by atoms with Crippen LogP contribution in [0.1, 0.15) is 42.5 Å². The number of carbonyl (C=O) groups excluding carboxylic acids is 1. The van der Waals surface area contributed by atoms with Crippen molar-refractivity contribution in [1.29, 1.82) is 0 Å². The van der Waals surface area contributed by atoms with Crippen molar-refractivity contribution in [2.24, 2.45) is 17.6 Å². The maximum Gasteiger partial charge on any atom is 0.251 e. The van der Waals surface area contributed by atoms with Gasteiger partial charge in [-0.1, -0.05) is 18.6 Å². The normalized spacial score (nSPS) is 27.0. The van der Waals surface area contributed by atoms with Crippen LogP contribution >= 0.6 is 24.8 Å². The molecule has 2 aliphatic carbocycles. The van der Waals surface area contributed by atoms with Crippen molar-refractivity contribution >= 4 is 30.7 Å². The topological polar surface area (TPSA) is 81.1 Å². The SMILES string of the molecule is Cl.Cl.NC1CC2CCCC(C1)C2NC(=O)c1ccc(-c2cnco2)cc1. The van der Waals surface area contributed by atoms with E-state index in [0.29, 0.717) is 29.2 Å². The van der Waals surface area contributed by atoms with Crippen LogP contribution in [0.4, 0.5) is 0 Å². The molecule has 26 heavy (non-hydrogen) atoms. The molecule has 3 N–H and O–H groups in total. The third kappa shape index (κ3) is 4.22. The van der Waals surface area contributed by atoms with E-state index < -0.39 is 0 Å². The van der Waals surface area contributed by atoms with Crippen LogP contribution in [0, 0.1) is 11.8 Å². The summed E-state index contributed by atoms with van der Waals surface area (Å²) in [6, 6.07) is 8.06. The van der Waals surface area contributed by atoms with Gasteiger partial charge in [-0.05, 0) is 49.7 Å². The average Bonchev–Trinajstić information content (AvgIpc) is 3.10. The van der Waals surface area contributed by atoms with Gasteiger partial charge in [-0.3, -0.25) is 4.79 Å². The van der Waals surface area contributed by atoms with E-state index in [0.717, 1.165) is 18.4 Å². The second kappa shape index (κ2) is 8.89. The van der Waals surface area contributed by atoms with Crippen LogP contribution in [0.2, 0.25) is 0 Å². The molecule has 0 saturated heterocycles. The van der Waals surface area contributed by atoms with Crippen molar-refractivity contribution in [3.63, 3.8) is 0 Å². The molecule has 142 valence electrons. The number of fused-ring (bicyclic) bond motifs is 2. The first-order chi connectivity index (χ1) is 11.7. The molecule has 2 aromatic rings. The Morgan fingerprint density at radius 2 is 1.77 bits per heavy atom. The lowest BCUT2D eigenvalue weighted by Crippen LogP contribution is -2.53. The third-order valence-electron chi connectivity index (χ3n) is 5.54. The molecule has 2 saturated carbocycles. The van der Waals surface area contributed by atoms with E-state index in [1.54, 1.807) is 6.20 Å². The maximum atomic E-state index is 12.6. The van der Waals surface area contributed by atoms with Gasteiger partial charge >= 0.3 is 0 Å². The first kappa shape index (κ1) is 20.7. The number of benzene rings is 1. The van der Waals surface area contributed by atoms with Crippen molar-refractivity contribution < 1.29 is 9.21 Å². The van der Waals surface area contributed by atoms with Gasteiger partial charge in [0, 0.05) is 23.2 Å². The molecule has 0 spiro atoms. The van der Waals surface area contributed by atoms with Gasteiger partial charge in [0.25, 0.3) is 5.91 Å². The first-order valence-electron chi connectivity index (χ1n) is 8.76. The molecule has 4 rings (SSSR count). The zero-order chi connectivity index (χ0) is 16.5. The molecular weight excluding hydrogens is 373 g/mol. The molecule has 2 aliphatic rings. The lowest BCUT2D eigenvalue weighted by molar-refractivity contribution is 0.0756. The highest BCUT2D eigenvalue weighted by molar-refractivity contribution is 5.94. The Morgan fingerprint density at radius 3 is 2.35 bits per heavy atom. The summed E-state index contributed by atoms with van der Waals surface area (Å²) in [5, 5.41) is 3.28. The predicted octanol–water partition coefficient (Wildman–Crippen LogP) is 3.82. The fourth-order valence-corrected chi connectivity index (χ4v) is 4.40. The number of carbonyl (C=O) groups is 1. The quantitative estimate of drug-likeness (QED) is 0.824. The van der Waals surface area contributed by atoms with Crippen molar-refractivity contribution in [2.75, 3.05) is 0 Å². The Morgan fingerprint density at radius 1 is 1.12 bits per heavy atom. The Balaban J connectivity index is 0.00000121. The second-order valence-corrected chi connectivity index (χ2v) is 7.12. The maximum absolute atomic E-state index is 12.6. The van der Waals surface area contributed by atoms with Crippen molar-refractivity contribution in [3.8, 4) is 11.3 Å². The largest absolute Gasteiger partial charge is 0.444 e. The number of amides is 1. The zero-order valence-corrected chi connectivity index (χ0v) is 16.1. The number of oxazole rings is 1. The zero-order valence-electron chi connectivity index (χ0n) is 14.5. The highest BCUT2D eigenvalue weighted by Crippen LogP contribution is 2.39. The molecule has 0 radical (unpaired) electrons. The summed E-state index contributed by atoms with van der Waals surface area (Å²) in [5.41, 5.74) is 7.77. The Bertz CT molecular complexity index is 692. The lowest BCUT2D eigenvalue weighted by Gasteiger charge is -2.45. The molecule has 1 amide bonds. The number of halogens is 2.